The summed E-state index contributed by atoms with van der Waals surface area (Å²) in [6.45, 7) is 4.53. The molecule has 0 N–H and O–H groups in total. The molecule has 3 unspecified atom stereocenters. The fourth-order valence-electron chi connectivity index (χ4n) is 4.02. The highest BCUT2D eigenvalue weighted by molar-refractivity contribution is 5.27. The third-order valence-electron chi connectivity index (χ3n) is 5.37. The van der Waals surface area contributed by atoms with Crippen LogP contribution >= 0.6 is 0 Å². The third kappa shape index (κ3) is 4.84. The zero-order chi connectivity index (χ0) is 15.8. The molecule has 1 aliphatic carbocycles. The fraction of sp³-hybridized carbons (Fsp3) is 0.714. The molecule has 1 aromatic carbocycles. The van der Waals surface area contributed by atoms with Gasteiger partial charge in [-0.2, -0.15) is 0 Å². The van der Waals surface area contributed by atoms with Crippen LogP contribution in [0, 0.1) is 5.92 Å². The van der Waals surface area contributed by atoms with E-state index in [1.807, 2.05) is 7.11 Å². The molecule has 0 heterocycles. The zero-order valence-electron chi connectivity index (χ0n) is 14.8. The highest BCUT2D eigenvalue weighted by Gasteiger charge is 2.31. The van der Waals surface area contributed by atoms with Gasteiger partial charge in [-0.05, 0) is 42.7 Å². The van der Waals surface area contributed by atoms with Crippen LogP contribution < -0.4 is 0 Å². The Kier molecular flexibility index (Phi) is 7.45. The molecular formula is C21H34O. The largest absolute Gasteiger partial charge is 0.381 e. The van der Waals surface area contributed by atoms with Gasteiger partial charge in [-0.1, -0.05) is 70.2 Å². The topological polar surface area (TPSA) is 9.23 Å². The standard InChI is InChI=1S/C21H34O/c1-4-6-7-9-18-12-15-20(21(16-18)22-3)19-13-10-17(8-5-2)11-14-19/h10-11,13-14,18,20-21H,4-9,12,15-16H2,1-3H3. The van der Waals surface area contributed by atoms with E-state index >= 15 is 0 Å². The molecule has 22 heavy (non-hydrogen) atoms. The molecule has 1 nitrogen and oxygen atoms in total. The summed E-state index contributed by atoms with van der Waals surface area (Å²) in [5.41, 5.74) is 2.95. The van der Waals surface area contributed by atoms with Crippen LogP contribution in [0.3, 0.4) is 0 Å². The Morgan fingerprint density at radius 3 is 2.41 bits per heavy atom. The van der Waals surface area contributed by atoms with Crippen molar-refractivity contribution >= 4 is 0 Å². The Balaban J connectivity index is 1.93. The highest BCUT2D eigenvalue weighted by atomic mass is 16.5. The summed E-state index contributed by atoms with van der Waals surface area (Å²) < 4.78 is 5.87. The van der Waals surface area contributed by atoms with Crippen LogP contribution in [0.1, 0.15) is 82.3 Å². The van der Waals surface area contributed by atoms with Crippen molar-refractivity contribution in [1.82, 2.24) is 0 Å². The molecule has 2 rings (SSSR count). The SMILES string of the molecule is CCCCCC1CCC(c2ccc(CCC)cc2)C(OC)C1. The van der Waals surface area contributed by atoms with Crippen molar-refractivity contribution in [3.63, 3.8) is 0 Å². The summed E-state index contributed by atoms with van der Waals surface area (Å²) in [7, 11) is 1.90. The minimum absolute atomic E-state index is 0.414. The Hall–Kier alpha value is -0.820. The Morgan fingerprint density at radius 2 is 1.77 bits per heavy atom. The van der Waals surface area contributed by atoms with Gasteiger partial charge in [-0.15, -0.1) is 0 Å². The van der Waals surface area contributed by atoms with Crippen molar-refractivity contribution in [2.24, 2.45) is 5.92 Å². The minimum atomic E-state index is 0.414. The van der Waals surface area contributed by atoms with Crippen molar-refractivity contribution in [2.45, 2.75) is 83.7 Å². The smallest absolute Gasteiger partial charge is 0.0642 e. The van der Waals surface area contributed by atoms with E-state index in [1.54, 1.807) is 0 Å². The summed E-state index contributed by atoms with van der Waals surface area (Å²) in [6.07, 6.45) is 12.3. The van der Waals surface area contributed by atoms with Crippen LogP contribution in [0.2, 0.25) is 0 Å². The molecule has 124 valence electrons. The van der Waals surface area contributed by atoms with E-state index in [0.717, 1.165) is 5.92 Å². The number of rotatable bonds is 8. The highest BCUT2D eigenvalue weighted by Crippen LogP contribution is 2.39. The van der Waals surface area contributed by atoms with E-state index in [0.29, 0.717) is 12.0 Å². The van der Waals surface area contributed by atoms with Gasteiger partial charge in [0.25, 0.3) is 0 Å². The first-order valence-corrected chi connectivity index (χ1v) is 9.40. The molecule has 0 aromatic heterocycles. The second kappa shape index (κ2) is 9.35. The lowest BCUT2D eigenvalue weighted by atomic mass is 9.75. The molecule has 1 heteroatoms. The average molecular weight is 303 g/mol. The third-order valence-corrected chi connectivity index (χ3v) is 5.37. The number of ether oxygens (including phenoxy) is 1. The van der Waals surface area contributed by atoms with Crippen LogP contribution in [0.5, 0.6) is 0 Å². The zero-order valence-corrected chi connectivity index (χ0v) is 14.8. The van der Waals surface area contributed by atoms with Gasteiger partial charge in [0.15, 0.2) is 0 Å². The van der Waals surface area contributed by atoms with Crippen LogP contribution in [0.15, 0.2) is 24.3 Å². The van der Waals surface area contributed by atoms with Crippen molar-refractivity contribution < 1.29 is 4.74 Å². The summed E-state index contributed by atoms with van der Waals surface area (Å²) in [4.78, 5) is 0. The van der Waals surface area contributed by atoms with Crippen molar-refractivity contribution in [3.8, 4) is 0 Å². The van der Waals surface area contributed by atoms with E-state index in [-0.39, 0.29) is 0 Å². The maximum atomic E-state index is 5.87. The molecule has 3 atom stereocenters. The fourth-order valence-corrected chi connectivity index (χ4v) is 4.02. The van der Waals surface area contributed by atoms with E-state index in [9.17, 15) is 0 Å². The van der Waals surface area contributed by atoms with Gasteiger partial charge in [0.2, 0.25) is 0 Å². The van der Waals surface area contributed by atoms with Crippen LogP contribution in [-0.4, -0.2) is 13.2 Å². The van der Waals surface area contributed by atoms with Crippen LogP contribution in [-0.2, 0) is 11.2 Å². The number of unbranched alkanes of at least 4 members (excludes halogenated alkanes) is 2. The maximum absolute atomic E-state index is 5.87. The summed E-state index contributed by atoms with van der Waals surface area (Å²) in [6, 6.07) is 9.33. The molecule has 0 spiro atoms. The molecule has 0 bridgehead atoms. The quantitative estimate of drug-likeness (QED) is 0.526. The van der Waals surface area contributed by atoms with Gasteiger partial charge in [0.1, 0.15) is 0 Å². The Bertz CT molecular complexity index is 408. The van der Waals surface area contributed by atoms with Crippen molar-refractivity contribution in [2.75, 3.05) is 7.11 Å². The monoisotopic (exact) mass is 302 g/mol. The van der Waals surface area contributed by atoms with Crippen molar-refractivity contribution in [1.29, 1.82) is 0 Å². The number of aryl methyl sites for hydroxylation is 1. The lowest BCUT2D eigenvalue weighted by Gasteiger charge is -2.36. The van der Waals surface area contributed by atoms with E-state index < -0.39 is 0 Å². The first-order valence-electron chi connectivity index (χ1n) is 9.40. The maximum Gasteiger partial charge on any atom is 0.0642 e. The normalized spacial score (nSPS) is 25.3. The number of hydrogen-bond donors (Lipinski definition) is 0. The van der Waals surface area contributed by atoms with Gasteiger partial charge in [0.05, 0.1) is 6.10 Å². The molecule has 0 saturated heterocycles. The van der Waals surface area contributed by atoms with Gasteiger partial charge >= 0.3 is 0 Å². The first kappa shape index (κ1) is 17.5. The Morgan fingerprint density at radius 1 is 1.00 bits per heavy atom. The molecule has 0 radical (unpaired) electrons. The molecule has 1 aromatic rings. The van der Waals surface area contributed by atoms with E-state index in [1.165, 1.54) is 68.9 Å². The summed E-state index contributed by atoms with van der Waals surface area (Å²) in [5.74, 6) is 1.48. The van der Waals surface area contributed by atoms with E-state index in [2.05, 4.69) is 38.1 Å². The molecular weight excluding hydrogens is 268 g/mol. The second-order valence-corrected chi connectivity index (χ2v) is 7.05. The first-order chi connectivity index (χ1) is 10.8. The summed E-state index contributed by atoms with van der Waals surface area (Å²) >= 11 is 0. The predicted molar refractivity (Wildman–Crippen MR) is 95.5 cm³/mol. The van der Waals surface area contributed by atoms with Gasteiger partial charge in [-0.3, -0.25) is 0 Å². The molecule has 1 fully saturated rings. The Labute approximate surface area is 137 Å². The van der Waals surface area contributed by atoms with Gasteiger partial charge in [-0.25, -0.2) is 0 Å². The van der Waals surface area contributed by atoms with Gasteiger partial charge < -0.3 is 4.74 Å². The average Bonchev–Trinajstić information content (AvgIpc) is 2.56. The number of benzene rings is 1. The van der Waals surface area contributed by atoms with Crippen LogP contribution in [0.4, 0.5) is 0 Å². The number of hydrogen-bond acceptors (Lipinski definition) is 1. The van der Waals surface area contributed by atoms with E-state index in [4.69, 9.17) is 4.74 Å². The predicted octanol–water partition coefficient (Wildman–Crippen LogP) is 6.12. The molecule has 0 amide bonds. The number of methoxy groups -OCH3 is 1. The molecule has 0 aliphatic heterocycles. The summed E-state index contributed by atoms with van der Waals surface area (Å²) in [5, 5.41) is 0. The molecule has 1 saturated carbocycles. The van der Waals surface area contributed by atoms with Crippen molar-refractivity contribution in [3.05, 3.63) is 35.4 Å². The minimum Gasteiger partial charge on any atom is -0.381 e. The van der Waals surface area contributed by atoms with Gasteiger partial charge in [0, 0.05) is 13.0 Å². The van der Waals surface area contributed by atoms with Crippen LogP contribution in [0.25, 0.3) is 0 Å². The lowest BCUT2D eigenvalue weighted by Crippen LogP contribution is -2.29. The molecule has 1 aliphatic rings. The lowest BCUT2D eigenvalue weighted by molar-refractivity contribution is 0.0304. The second-order valence-electron chi connectivity index (χ2n) is 7.05.